The third-order valence-corrected chi connectivity index (χ3v) is 3.43. The van der Waals surface area contributed by atoms with Crippen molar-refractivity contribution in [2.75, 3.05) is 6.61 Å². The van der Waals surface area contributed by atoms with E-state index in [4.69, 9.17) is 10.5 Å². The topological polar surface area (TPSA) is 92.5 Å². The van der Waals surface area contributed by atoms with Gasteiger partial charge in [-0.2, -0.15) is 0 Å². The van der Waals surface area contributed by atoms with Crippen molar-refractivity contribution in [3.05, 3.63) is 0 Å². The van der Waals surface area contributed by atoms with Crippen molar-refractivity contribution < 1.29 is 70.8 Å². The SMILES string of the molecule is CCCCCCCCCCCCOC(=O)[C@@H](N)CC(=O)[O-].[K+]. The number of carboxylic acid groups (broad SMARTS) is 1. The van der Waals surface area contributed by atoms with E-state index < -0.39 is 24.4 Å². The molecule has 0 aromatic carbocycles. The van der Waals surface area contributed by atoms with Crippen molar-refractivity contribution in [2.24, 2.45) is 5.73 Å². The first-order valence-electron chi connectivity index (χ1n) is 8.20. The molecule has 22 heavy (non-hydrogen) atoms. The number of carbonyl (C=O) groups excluding carboxylic acids is 2. The molecule has 0 aliphatic heterocycles. The fourth-order valence-corrected chi connectivity index (χ4v) is 2.13. The van der Waals surface area contributed by atoms with E-state index in [0.29, 0.717) is 6.61 Å². The molecule has 0 aromatic rings. The fraction of sp³-hybridized carbons (Fsp3) is 0.875. The first-order valence-corrected chi connectivity index (χ1v) is 8.20. The predicted molar refractivity (Wildman–Crippen MR) is 80.4 cm³/mol. The van der Waals surface area contributed by atoms with Gasteiger partial charge < -0.3 is 20.4 Å². The number of rotatable bonds is 14. The third-order valence-electron chi connectivity index (χ3n) is 3.43. The summed E-state index contributed by atoms with van der Waals surface area (Å²) in [6.07, 6.45) is 11.6. The predicted octanol–water partition coefficient (Wildman–Crippen LogP) is -1.08. The molecule has 0 rings (SSSR count). The monoisotopic (exact) mass is 339 g/mol. The van der Waals surface area contributed by atoms with Crippen molar-refractivity contribution in [1.29, 1.82) is 0 Å². The number of ether oxygens (including phenoxy) is 1. The summed E-state index contributed by atoms with van der Waals surface area (Å²) in [6.45, 7) is 2.54. The van der Waals surface area contributed by atoms with Crippen LogP contribution >= 0.6 is 0 Å². The molecule has 6 heteroatoms. The van der Waals surface area contributed by atoms with Crippen LogP contribution in [0.2, 0.25) is 0 Å². The smallest absolute Gasteiger partial charge is 0.550 e. The number of hydrogen-bond donors (Lipinski definition) is 1. The van der Waals surface area contributed by atoms with Crippen LogP contribution in [0.5, 0.6) is 0 Å². The van der Waals surface area contributed by atoms with Gasteiger partial charge in [-0.1, -0.05) is 64.7 Å². The number of esters is 1. The maximum absolute atomic E-state index is 11.3. The summed E-state index contributed by atoms with van der Waals surface area (Å²) < 4.78 is 4.92. The number of carbonyl (C=O) groups is 2. The Balaban J connectivity index is 0. The van der Waals surface area contributed by atoms with Crippen molar-refractivity contribution >= 4 is 11.9 Å². The molecule has 0 spiro atoms. The number of hydrogen-bond acceptors (Lipinski definition) is 5. The number of aliphatic carboxylic acids is 1. The normalized spacial score (nSPS) is 11.5. The van der Waals surface area contributed by atoms with E-state index in [0.717, 1.165) is 19.3 Å². The van der Waals surface area contributed by atoms with Crippen LogP contribution < -0.4 is 62.2 Å². The summed E-state index contributed by atoms with van der Waals surface area (Å²) in [6, 6.07) is -1.11. The van der Waals surface area contributed by atoms with E-state index in [1.54, 1.807) is 0 Å². The van der Waals surface area contributed by atoms with Crippen LogP contribution in [0.1, 0.15) is 77.6 Å². The molecular weight excluding hydrogens is 309 g/mol. The Kier molecular flexibility index (Phi) is 20.1. The molecule has 0 unspecified atom stereocenters. The molecule has 0 heterocycles. The number of unbranched alkanes of at least 4 members (excludes halogenated alkanes) is 9. The average Bonchev–Trinajstić information content (AvgIpc) is 2.43. The van der Waals surface area contributed by atoms with Gasteiger partial charge in [-0.05, 0) is 6.42 Å². The summed E-state index contributed by atoms with van der Waals surface area (Å²) in [5.74, 6) is -1.99. The zero-order valence-electron chi connectivity index (χ0n) is 14.3. The van der Waals surface area contributed by atoms with Crippen molar-refractivity contribution in [1.82, 2.24) is 0 Å². The number of nitrogens with two attached hydrogens (primary N) is 1. The van der Waals surface area contributed by atoms with E-state index >= 15 is 0 Å². The second kappa shape index (κ2) is 17.9. The molecule has 1 atom stereocenters. The number of carboxylic acids is 1. The van der Waals surface area contributed by atoms with Gasteiger partial charge in [-0.25, -0.2) is 0 Å². The molecule has 0 saturated heterocycles. The molecule has 124 valence electrons. The largest absolute Gasteiger partial charge is 1.00 e. The molecular formula is C16H30KNO4. The van der Waals surface area contributed by atoms with Crippen LogP contribution in [0.3, 0.4) is 0 Å². The Morgan fingerprint density at radius 1 is 0.955 bits per heavy atom. The van der Waals surface area contributed by atoms with Crippen LogP contribution in [0.4, 0.5) is 0 Å². The van der Waals surface area contributed by atoms with Gasteiger partial charge in [0.05, 0.1) is 6.61 Å². The molecule has 0 amide bonds. The van der Waals surface area contributed by atoms with Gasteiger partial charge in [-0.3, -0.25) is 4.79 Å². The molecule has 0 aliphatic carbocycles. The first kappa shape index (κ1) is 24.8. The molecule has 5 nitrogen and oxygen atoms in total. The van der Waals surface area contributed by atoms with Gasteiger partial charge in [0.1, 0.15) is 6.04 Å². The summed E-state index contributed by atoms with van der Waals surface area (Å²) in [4.78, 5) is 21.6. The minimum absolute atomic E-state index is 0. The Bertz CT molecular complexity index is 287. The van der Waals surface area contributed by atoms with Gasteiger partial charge in [0.2, 0.25) is 0 Å². The minimum Gasteiger partial charge on any atom is -0.550 e. The van der Waals surface area contributed by atoms with Crippen molar-refractivity contribution in [3.63, 3.8) is 0 Å². The first-order chi connectivity index (χ1) is 10.1. The second-order valence-corrected chi connectivity index (χ2v) is 5.53. The van der Waals surface area contributed by atoms with Crippen LogP contribution in [0, 0.1) is 0 Å². The van der Waals surface area contributed by atoms with E-state index in [-0.39, 0.29) is 51.4 Å². The Morgan fingerprint density at radius 3 is 1.86 bits per heavy atom. The van der Waals surface area contributed by atoms with Crippen LogP contribution in [-0.2, 0) is 14.3 Å². The van der Waals surface area contributed by atoms with Crippen LogP contribution in [0.25, 0.3) is 0 Å². The zero-order valence-corrected chi connectivity index (χ0v) is 17.4. The zero-order chi connectivity index (χ0) is 15.9. The molecule has 0 fully saturated rings. The molecule has 0 aromatic heterocycles. The van der Waals surface area contributed by atoms with Gasteiger partial charge >= 0.3 is 57.4 Å². The van der Waals surface area contributed by atoms with Crippen LogP contribution in [-0.4, -0.2) is 24.6 Å². The summed E-state index contributed by atoms with van der Waals surface area (Å²) in [5, 5.41) is 10.3. The molecule has 0 radical (unpaired) electrons. The van der Waals surface area contributed by atoms with Crippen LogP contribution in [0.15, 0.2) is 0 Å². The molecule has 0 aliphatic rings. The molecule has 0 saturated carbocycles. The fourth-order valence-electron chi connectivity index (χ4n) is 2.13. The summed E-state index contributed by atoms with van der Waals surface area (Å²) >= 11 is 0. The second-order valence-electron chi connectivity index (χ2n) is 5.53. The van der Waals surface area contributed by atoms with Crippen molar-refractivity contribution in [3.8, 4) is 0 Å². The maximum Gasteiger partial charge on any atom is 1.00 e. The Morgan fingerprint density at radius 2 is 1.41 bits per heavy atom. The third kappa shape index (κ3) is 16.9. The van der Waals surface area contributed by atoms with Crippen molar-refractivity contribution in [2.45, 2.75) is 83.6 Å². The Hall–Kier alpha value is 0.536. The maximum atomic E-state index is 11.3. The Labute approximate surface area is 177 Å². The van der Waals surface area contributed by atoms with E-state index in [1.165, 1.54) is 44.9 Å². The van der Waals surface area contributed by atoms with Gasteiger partial charge in [0.25, 0.3) is 0 Å². The average molecular weight is 340 g/mol. The summed E-state index contributed by atoms with van der Waals surface area (Å²) in [7, 11) is 0. The molecule has 0 bridgehead atoms. The standard InChI is InChI=1S/C16H31NO4.K/c1-2-3-4-5-6-7-8-9-10-11-12-21-16(20)14(17)13-15(18)19;/h14H,2-13,17H2,1H3,(H,18,19);/q;+1/p-1/t14-;/m0./s1. The van der Waals surface area contributed by atoms with Gasteiger partial charge in [0.15, 0.2) is 0 Å². The van der Waals surface area contributed by atoms with Gasteiger partial charge in [0, 0.05) is 12.4 Å². The van der Waals surface area contributed by atoms with E-state index in [2.05, 4.69) is 6.92 Å². The van der Waals surface area contributed by atoms with E-state index in [9.17, 15) is 14.7 Å². The van der Waals surface area contributed by atoms with Gasteiger partial charge in [-0.15, -0.1) is 0 Å². The molecule has 2 N–H and O–H groups in total. The summed E-state index contributed by atoms with van der Waals surface area (Å²) in [5.41, 5.74) is 5.35. The minimum atomic E-state index is -1.33. The van der Waals surface area contributed by atoms with E-state index in [1.807, 2.05) is 0 Å². The quantitative estimate of drug-likeness (QED) is 0.247.